The van der Waals surface area contributed by atoms with Crippen LogP contribution in [-0.2, 0) is 14.3 Å². The van der Waals surface area contributed by atoms with Crippen LogP contribution in [0.1, 0.15) is 16.7 Å². The Morgan fingerprint density at radius 2 is 2.00 bits per heavy atom. The van der Waals surface area contributed by atoms with E-state index < -0.39 is 0 Å². The summed E-state index contributed by atoms with van der Waals surface area (Å²) in [5.74, 6) is 0.320. The van der Waals surface area contributed by atoms with Crippen molar-refractivity contribution in [3.05, 3.63) is 62.5 Å². The van der Waals surface area contributed by atoms with Gasteiger partial charge in [0.25, 0.3) is 11.8 Å². The van der Waals surface area contributed by atoms with Gasteiger partial charge in [0.2, 0.25) is 0 Å². The first kappa shape index (κ1) is 23.5. The Morgan fingerprint density at radius 3 is 2.73 bits per heavy atom. The van der Waals surface area contributed by atoms with Crippen LogP contribution in [0.3, 0.4) is 0 Å². The molecule has 0 unspecified atom stereocenters. The van der Waals surface area contributed by atoms with Gasteiger partial charge in [0.05, 0.1) is 28.3 Å². The number of carbonyl (C=O) groups is 2. The van der Waals surface area contributed by atoms with Crippen molar-refractivity contribution in [3.63, 3.8) is 0 Å². The minimum atomic E-state index is -0.185. The summed E-state index contributed by atoms with van der Waals surface area (Å²) in [5.41, 5.74) is 3.99. The van der Waals surface area contributed by atoms with Crippen LogP contribution in [-0.4, -0.2) is 54.8 Å². The van der Waals surface area contributed by atoms with E-state index in [0.717, 1.165) is 16.8 Å². The average Bonchev–Trinajstić information content (AvgIpc) is 3.14. The van der Waals surface area contributed by atoms with E-state index in [0.29, 0.717) is 46.6 Å². The van der Waals surface area contributed by atoms with E-state index in [1.54, 1.807) is 17.0 Å². The summed E-state index contributed by atoms with van der Waals surface area (Å²) in [6, 6.07) is 11.4. The van der Waals surface area contributed by atoms with E-state index in [1.165, 1.54) is 17.3 Å². The predicted molar refractivity (Wildman–Crippen MR) is 134 cm³/mol. The van der Waals surface area contributed by atoms with Crippen LogP contribution >= 0.6 is 27.7 Å². The minimum Gasteiger partial charge on any atom is -0.483 e. The molecule has 2 aromatic rings. The Bertz CT molecular complexity index is 1140. The molecule has 0 aliphatic carbocycles. The lowest BCUT2D eigenvalue weighted by atomic mass is 10.1. The molecule has 0 saturated carbocycles. The zero-order valence-corrected chi connectivity index (χ0v) is 20.8. The molecule has 1 N–H and O–H groups in total. The number of nitrogens with one attached hydrogen (secondary N) is 1. The zero-order chi connectivity index (χ0) is 23.4. The molecule has 4 rings (SSSR count). The number of aryl methyl sites for hydroxylation is 2. The summed E-state index contributed by atoms with van der Waals surface area (Å²) in [7, 11) is 0. The van der Waals surface area contributed by atoms with Crippen LogP contribution in [0, 0.1) is 13.8 Å². The highest BCUT2D eigenvalue weighted by Gasteiger charge is 2.24. The molecular formula is C24H24BrN3O4S. The Kier molecular flexibility index (Phi) is 7.52. The van der Waals surface area contributed by atoms with Gasteiger partial charge >= 0.3 is 0 Å². The molecule has 7 nitrogen and oxygen atoms in total. The minimum absolute atomic E-state index is 0.0321. The van der Waals surface area contributed by atoms with Crippen LogP contribution in [0.5, 0.6) is 5.75 Å². The summed E-state index contributed by atoms with van der Waals surface area (Å²) < 4.78 is 11.7. The number of hydrogen-bond donors (Lipinski definition) is 1. The van der Waals surface area contributed by atoms with Crippen molar-refractivity contribution in [2.75, 3.05) is 32.9 Å². The molecule has 2 aliphatic rings. The molecule has 9 heteroatoms. The van der Waals surface area contributed by atoms with Crippen molar-refractivity contribution in [2.24, 2.45) is 4.99 Å². The first-order chi connectivity index (χ1) is 15.9. The van der Waals surface area contributed by atoms with E-state index in [1.807, 2.05) is 37.3 Å². The molecule has 2 saturated heterocycles. The molecule has 33 heavy (non-hydrogen) atoms. The van der Waals surface area contributed by atoms with Gasteiger partial charge in [0.15, 0.2) is 11.8 Å². The van der Waals surface area contributed by atoms with Gasteiger partial charge in [-0.25, -0.2) is 4.99 Å². The van der Waals surface area contributed by atoms with Gasteiger partial charge < -0.3 is 19.7 Å². The van der Waals surface area contributed by atoms with Crippen LogP contribution in [0.25, 0.3) is 6.08 Å². The number of hydrogen-bond acceptors (Lipinski definition) is 6. The van der Waals surface area contributed by atoms with Crippen LogP contribution < -0.4 is 10.1 Å². The summed E-state index contributed by atoms with van der Waals surface area (Å²) in [5, 5.41) is 3.37. The largest absolute Gasteiger partial charge is 0.483 e. The van der Waals surface area contributed by atoms with Gasteiger partial charge in [0, 0.05) is 13.1 Å². The molecule has 2 aromatic carbocycles. The van der Waals surface area contributed by atoms with Gasteiger partial charge in [-0.2, -0.15) is 0 Å². The van der Waals surface area contributed by atoms with Crippen molar-refractivity contribution in [1.82, 2.24) is 10.2 Å². The topological polar surface area (TPSA) is 80.2 Å². The van der Waals surface area contributed by atoms with Gasteiger partial charge in [0.1, 0.15) is 5.75 Å². The third kappa shape index (κ3) is 6.04. The average molecular weight is 530 g/mol. The number of amides is 2. The van der Waals surface area contributed by atoms with E-state index in [4.69, 9.17) is 9.47 Å². The number of nitrogens with zero attached hydrogens (tertiary/aromatic N) is 2. The number of ether oxygens (including phenoxy) is 2. The maximum Gasteiger partial charge on any atom is 0.264 e. The lowest BCUT2D eigenvalue weighted by Crippen LogP contribution is -2.43. The number of amidine groups is 1. The molecular weight excluding hydrogens is 506 g/mol. The van der Waals surface area contributed by atoms with Crippen LogP contribution in [0.15, 0.2) is 50.8 Å². The lowest BCUT2D eigenvalue weighted by molar-refractivity contribution is -0.137. The highest BCUT2D eigenvalue weighted by molar-refractivity contribution is 9.10. The van der Waals surface area contributed by atoms with Crippen LogP contribution in [0.4, 0.5) is 5.69 Å². The van der Waals surface area contributed by atoms with Crippen molar-refractivity contribution < 1.29 is 19.1 Å². The standard InChI is InChI=1S/C24H24BrN3O4S/c1-15-3-5-18(11-16(15)2)26-24-27-23(30)21(33-24)13-17-4-6-20(19(25)12-17)32-14-22(29)28-7-9-31-10-8-28/h3-6,11-13H,7-10,14H2,1-2H3,(H,26,27,30)/b21-13-. The zero-order valence-electron chi connectivity index (χ0n) is 18.4. The van der Waals surface area contributed by atoms with Gasteiger partial charge in [-0.3, -0.25) is 9.59 Å². The fraction of sp³-hybridized carbons (Fsp3) is 0.292. The van der Waals surface area contributed by atoms with Crippen molar-refractivity contribution in [1.29, 1.82) is 0 Å². The smallest absolute Gasteiger partial charge is 0.264 e. The van der Waals surface area contributed by atoms with Crippen LogP contribution in [0.2, 0.25) is 0 Å². The second-order valence-corrected chi connectivity index (χ2v) is 9.61. The molecule has 0 aromatic heterocycles. The number of thioether (sulfide) groups is 1. The molecule has 2 aliphatic heterocycles. The quantitative estimate of drug-likeness (QED) is 0.587. The van der Waals surface area contributed by atoms with E-state index in [-0.39, 0.29) is 18.4 Å². The highest BCUT2D eigenvalue weighted by atomic mass is 79.9. The van der Waals surface area contributed by atoms with E-state index in [2.05, 4.69) is 33.2 Å². The number of halogens is 1. The Hall–Kier alpha value is -2.62. The molecule has 2 amide bonds. The molecule has 0 spiro atoms. The fourth-order valence-electron chi connectivity index (χ4n) is 3.31. The Morgan fingerprint density at radius 1 is 1.21 bits per heavy atom. The third-order valence-corrected chi connectivity index (χ3v) is 6.87. The van der Waals surface area contributed by atoms with Crippen molar-refractivity contribution in [2.45, 2.75) is 13.8 Å². The van der Waals surface area contributed by atoms with E-state index >= 15 is 0 Å². The molecule has 2 heterocycles. The maximum absolute atomic E-state index is 12.4. The number of rotatable bonds is 5. The monoisotopic (exact) mass is 529 g/mol. The van der Waals surface area contributed by atoms with Crippen molar-refractivity contribution in [3.8, 4) is 5.75 Å². The fourth-order valence-corrected chi connectivity index (χ4v) is 4.66. The third-order valence-electron chi connectivity index (χ3n) is 5.34. The SMILES string of the molecule is Cc1ccc(N=C2NC(=O)/C(=C/c3ccc(OCC(=O)N4CCOCC4)c(Br)c3)S2)cc1C. The Labute approximate surface area is 205 Å². The van der Waals surface area contributed by atoms with Gasteiger partial charge in [-0.15, -0.1) is 0 Å². The summed E-state index contributed by atoms with van der Waals surface area (Å²) in [4.78, 5) is 31.5. The molecule has 0 radical (unpaired) electrons. The normalized spacial score (nSPS) is 18.6. The van der Waals surface area contributed by atoms with Gasteiger partial charge in [-0.1, -0.05) is 12.1 Å². The molecule has 2 fully saturated rings. The number of benzene rings is 2. The number of aliphatic imine (C=N–C) groups is 1. The first-order valence-electron chi connectivity index (χ1n) is 10.5. The lowest BCUT2D eigenvalue weighted by Gasteiger charge is -2.26. The highest BCUT2D eigenvalue weighted by Crippen LogP contribution is 2.31. The molecule has 0 bridgehead atoms. The predicted octanol–water partition coefficient (Wildman–Crippen LogP) is 4.20. The molecule has 172 valence electrons. The van der Waals surface area contributed by atoms with E-state index in [9.17, 15) is 9.59 Å². The second-order valence-electron chi connectivity index (χ2n) is 7.72. The van der Waals surface area contributed by atoms with Crippen molar-refractivity contribution >= 4 is 56.4 Å². The summed E-state index contributed by atoms with van der Waals surface area (Å²) >= 11 is 4.80. The number of morpholine rings is 1. The number of carbonyl (C=O) groups excluding carboxylic acids is 2. The van der Waals surface area contributed by atoms with Gasteiger partial charge in [-0.05, 0) is 88.6 Å². The first-order valence-corrected chi connectivity index (χ1v) is 12.1. The second kappa shape index (κ2) is 10.5. The molecule has 0 atom stereocenters. The summed E-state index contributed by atoms with van der Waals surface area (Å²) in [6.07, 6.45) is 1.80. The summed E-state index contributed by atoms with van der Waals surface area (Å²) in [6.45, 7) is 6.34. The Balaban J connectivity index is 1.40. The maximum atomic E-state index is 12.4.